The first-order chi connectivity index (χ1) is 8.08. The van der Waals surface area contributed by atoms with Crippen molar-refractivity contribution in [1.82, 2.24) is 0 Å². The molecule has 1 unspecified atom stereocenters. The van der Waals surface area contributed by atoms with Crippen LogP contribution in [0.2, 0.25) is 10.0 Å². The minimum absolute atomic E-state index is 0.364. The summed E-state index contributed by atoms with van der Waals surface area (Å²) in [5.41, 5.74) is 7.16. The summed E-state index contributed by atoms with van der Waals surface area (Å²) in [6, 6.07) is 10.8. The van der Waals surface area contributed by atoms with Crippen molar-refractivity contribution in [2.45, 2.75) is 6.04 Å². The lowest BCUT2D eigenvalue weighted by molar-refractivity contribution is 0.600. The Hall–Kier alpha value is -1.09. The van der Waals surface area contributed by atoms with Crippen molar-refractivity contribution in [2.75, 3.05) is 0 Å². The highest BCUT2D eigenvalue weighted by molar-refractivity contribution is 6.30. The van der Waals surface area contributed by atoms with Crippen molar-refractivity contribution in [2.24, 2.45) is 5.73 Å². The zero-order chi connectivity index (χ0) is 12.4. The van der Waals surface area contributed by atoms with Gasteiger partial charge in [-0.2, -0.15) is 0 Å². The first-order valence-electron chi connectivity index (χ1n) is 5.04. The summed E-state index contributed by atoms with van der Waals surface area (Å²) < 4.78 is 13.6. The van der Waals surface area contributed by atoms with Crippen molar-refractivity contribution in [3.8, 4) is 0 Å². The molecule has 88 valence electrons. The summed E-state index contributed by atoms with van der Waals surface area (Å²) in [4.78, 5) is 0. The number of halogens is 3. The molecule has 0 saturated heterocycles. The van der Waals surface area contributed by atoms with Gasteiger partial charge in [0.15, 0.2) is 0 Å². The lowest BCUT2D eigenvalue weighted by Gasteiger charge is -2.13. The summed E-state index contributed by atoms with van der Waals surface area (Å²) in [5.74, 6) is -0.364. The monoisotopic (exact) mass is 269 g/mol. The van der Waals surface area contributed by atoms with E-state index in [-0.39, 0.29) is 5.82 Å². The lowest BCUT2D eigenvalue weighted by Crippen LogP contribution is -2.13. The third kappa shape index (κ3) is 2.78. The molecule has 2 N–H and O–H groups in total. The van der Waals surface area contributed by atoms with Gasteiger partial charge < -0.3 is 5.73 Å². The standard InChI is InChI=1S/C13H10Cl2FN/c14-9-3-1-8(2-4-9)13(17)11-7-10(15)5-6-12(11)16/h1-7,13H,17H2. The second kappa shape index (κ2) is 5.05. The Balaban J connectivity index is 2.39. The quantitative estimate of drug-likeness (QED) is 0.870. The van der Waals surface area contributed by atoms with E-state index in [1.54, 1.807) is 24.3 Å². The normalized spacial score (nSPS) is 12.5. The van der Waals surface area contributed by atoms with E-state index >= 15 is 0 Å². The van der Waals surface area contributed by atoms with Gasteiger partial charge in [0.1, 0.15) is 5.82 Å². The highest BCUT2D eigenvalue weighted by atomic mass is 35.5. The molecule has 4 heteroatoms. The van der Waals surface area contributed by atoms with Crippen LogP contribution in [0.1, 0.15) is 17.2 Å². The van der Waals surface area contributed by atoms with E-state index in [4.69, 9.17) is 28.9 Å². The highest BCUT2D eigenvalue weighted by Crippen LogP contribution is 2.25. The molecule has 0 aromatic heterocycles. The topological polar surface area (TPSA) is 26.0 Å². The summed E-state index contributed by atoms with van der Waals surface area (Å²) in [7, 11) is 0. The largest absolute Gasteiger partial charge is 0.320 e. The van der Waals surface area contributed by atoms with Gasteiger partial charge in [0.25, 0.3) is 0 Å². The summed E-state index contributed by atoms with van der Waals surface area (Å²) in [6.07, 6.45) is 0. The molecule has 2 aromatic rings. The van der Waals surface area contributed by atoms with Gasteiger partial charge in [0, 0.05) is 15.6 Å². The zero-order valence-corrected chi connectivity index (χ0v) is 10.3. The summed E-state index contributed by atoms with van der Waals surface area (Å²) in [5, 5.41) is 1.08. The fourth-order valence-electron chi connectivity index (χ4n) is 1.60. The van der Waals surface area contributed by atoms with E-state index < -0.39 is 6.04 Å². The molecule has 0 saturated carbocycles. The maximum Gasteiger partial charge on any atom is 0.128 e. The van der Waals surface area contributed by atoms with E-state index in [0.29, 0.717) is 15.6 Å². The minimum Gasteiger partial charge on any atom is -0.320 e. The molecule has 0 aliphatic heterocycles. The molecule has 0 spiro atoms. The van der Waals surface area contributed by atoms with Crippen molar-refractivity contribution in [1.29, 1.82) is 0 Å². The summed E-state index contributed by atoms with van der Waals surface area (Å²) in [6.45, 7) is 0. The molecule has 2 rings (SSSR count). The van der Waals surface area contributed by atoms with Crippen LogP contribution in [0.4, 0.5) is 4.39 Å². The summed E-state index contributed by atoms with van der Waals surface area (Å²) >= 11 is 11.6. The Kier molecular flexibility index (Phi) is 3.67. The highest BCUT2D eigenvalue weighted by Gasteiger charge is 2.13. The Labute approximate surface area is 109 Å². The maximum atomic E-state index is 13.6. The third-order valence-corrected chi connectivity index (χ3v) is 3.01. The minimum atomic E-state index is -0.550. The van der Waals surface area contributed by atoms with Gasteiger partial charge in [-0.05, 0) is 35.9 Å². The molecule has 0 radical (unpaired) electrons. The van der Waals surface area contributed by atoms with Crippen molar-refractivity contribution in [3.05, 3.63) is 69.5 Å². The molecule has 0 fully saturated rings. The molecule has 1 nitrogen and oxygen atoms in total. The van der Waals surface area contributed by atoms with E-state index in [9.17, 15) is 4.39 Å². The van der Waals surface area contributed by atoms with E-state index in [1.165, 1.54) is 18.2 Å². The zero-order valence-electron chi connectivity index (χ0n) is 8.83. The van der Waals surface area contributed by atoms with Gasteiger partial charge >= 0.3 is 0 Å². The fraction of sp³-hybridized carbons (Fsp3) is 0.0769. The number of hydrogen-bond acceptors (Lipinski definition) is 1. The van der Waals surface area contributed by atoms with Crippen LogP contribution in [0.3, 0.4) is 0 Å². The van der Waals surface area contributed by atoms with Gasteiger partial charge in [-0.25, -0.2) is 4.39 Å². The smallest absolute Gasteiger partial charge is 0.128 e. The van der Waals surface area contributed by atoms with Crippen LogP contribution in [0.5, 0.6) is 0 Å². The second-order valence-electron chi connectivity index (χ2n) is 3.70. The van der Waals surface area contributed by atoms with Gasteiger partial charge in [0.05, 0.1) is 6.04 Å². The predicted octanol–water partition coefficient (Wildman–Crippen LogP) is 4.18. The average Bonchev–Trinajstić information content (AvgIpc) is 2.32. The van der Waals surface area contributed by atoms with Crippen LogP contribution in [0.25, 0.3) is 0 Å². The van der Waals surface area contributed by atoms with Gasteiger partial charge in [-0.15, -0.1) is 0 Å². The molecular formula is C13H10Cl2FN. The van der Waals surface area contributed by atoms with Crippen LogP contribution in [-0.2, 0) is 0 Å². The molecule has 17 heavy (non-hydrogen) atoms. The molecule has 0 heterocycles. The molecule has 0 bridgehead atoms. The first kappa shape index (κ1) is 12.4. The molecule has 2 aromatic carbocycles. The van der Waals surface area contributed by atoms with E-state index in [0.717, 1.165) is 5.56 Å². The van der Waals surface area contributed by atoms with E-state index in [1.807, 2.05) is 0 Å². The fourth-order valence-corrected chi connectivity index (χ4v) is 1.91. The van der Waals surface area contributed by atoms with Gasteiger partial charge in [-0.1, -0.05) is 35.3 Å². The van der Waals surface area contributed by atoms with Gasteiger partial charge in [-0.3, -0.25) is 0 Å². The average molecular weight is 270 g/mol. The molecular weight excluding hydrogens is 260 g/mol. The van der Waals surface area contributed by atoms with Crippen molar-refractivity contribution >= 4 is 23.2 Å². The molecule has 0 aliphatic carbocycles. The Morgan fingerprint density at radius 1 is 0.941 bits per heavy atom. The van der Waals surface area contributed by atoms with Crippen LogP contribution in [0.15, 0.2) is 42.5 Å². The van der Waals surface area contributed by atoms with Crippen LogP contribution in [0, 0.1) is 5.82 Å². The predicted molar refractivity (Wildman–Crippen MR) is 68.9 cm³/mol. The maximum absolute atomic E-state index is 13.6. The number of rotatable bonds is 2. The Bertz CT molecular complexity index is 525. The van der Waals surface area contributed by atoms with Crippen LogP contribution in [-0.4, -0.2) is 0 Å². The number of nitrogens with two attached hydrogens (primary N) is 1. The van der Waals surface area contributed by atoms with Gasteiger partial charge in [0.2, 0.25) is 0 Å². The molecule has 1 atom stereocenters. The second-order valence-corrected chi connectivity index (χ2v) is 4.57. The number of benzene rings is 2. The molecule has 0 amide bonds. The lowest BCUT2D eigenvalue weighted by atomic mass is 9.99. The van der Waals surface area contributed by atoms with Crippen LogP contribution < -0.4 is 5.73 Å². The molecule has 0 aliphatic rings. The Morgan fingerprint density at radius 2 is 1.53 bits per heavy atom. The first-order valence-corrected chi connectivity index (χ1v) is 5.79. The van der Waals surface area contributed by atoms with Crippen molar-refractivity contribution in [3.63, 3.8) is 0 Å². The van der Waals surface area contributed by atoms with Crippen LogP contribution >= 0.6 is 23.2 Å². The SMILES string of the molecule is NC(c1ccc(Cl)cc1)c1cc(Cl)ccc1F. The van der Waals surface area contributed by atoms with E-state index in [2.05, 4.69) is 0 Å². The van der Waals surface area contributed by atoms with Crippen molar-refractivity contribution < 1.29 is 4.39 Å². The Morgan fingerprint density at radius 3 is 2.18 bits per heavy atom. The third-order valence-electron chi connectivity index (χ3n) is 2.52. The number of hydrogen-bond donors (Lipinski definition) is 1.